The number of hydrogen-bond donors (Lipinski definition) is 3. The zero-order valence-electron chi connectivity index (χ0n) is 21.0. The number of benzene rings is 1. The maximum atomic E-state index is 12.8. The second-order valence-corrected chi connectivity index (χ2v) is 11.7. The maximum Gasteiger partial charge on any atom is 0.315 e. The molecule has 1 aromatic rings. The van der Waals surface area contributed by atoms with Gasteiger partial charge in [0.15, 0.2) is 0 Å². The summed E-state index contributed by atoms with van der Waals surface area (Å²) in [4.78, 5) is 39.6. The Balaban J connectivity index is 1.04. The minimum absolute atomic E-state index is 0.0225. The lowest BCUT2D eigenvalue weighted by Gasteiger charge is -2.56. The monoisotopic (exact) mass is 480 g/mol. The van der Waals surface area contributed by atoms with Gasteiger partial charge in [0.25, 0.3) is 5.91 Å². The number of carbonyl (C=O) groups is 3. The average Bonchev–Trinajstić information content (AvgIpc) is 2.83. The Morgan fingerprint density at radius 2 is 1.51 bits per heavy atom. The van der Waals surface area contributed by atoms with Gasteiger partial charge in [-0.2, -0.15) is 0 Å². The van der Waals surface area contributed by atoms with Crippen molar-refractivity contribution in [3.8, 4) is 0 Å². The van der Waals surface area contributed by atoms with E-state index in [4.69, 9.17) is 0 Å². The zero-order chi connectivity index (χ0) is 24.4. The highest BCUT2D eigenvalue weighted by atomic mass is 16.2. The fourth-order valence-electron chi connectivity index (χ4n) is 7.60. The van der Waals surface area contributed by atoms with Gasteiger partial charge in [0, 0.05) is 42.8 Å². The summed E-state index contributed by atoms with van der Waals surface area (Å²) < 4.78 is 0. The van der Waals surface area contributed by atoms with Crippen molar-refractivity contribution in [3.63, 3.8) is 0 Å². The van der Waals surface area contributed by atoms with Crippen molar-refractivity contribution >= 4 is 23.5 Å². The lowest BCUT2D eigenvalue weighted by Crippen LogP contribution is -2.61. The average molecular weight is 481 g/mol. The largest absolute Gasteiger partial charge is 0.339 e. The van der Waals surface area contributed by atoms with E-state index in [1.165, 1.54) is 38.5 Å². The first-order chi connectivity index (χ1) is 16.9. The van der Waals surface area contributed by atoms with E-state index in [9.17, 15) is 14.4 Å². The standard InChI is InChI=1S/C28H40N4O3/c1-32(24-5-3-2-4-6-24)26(34)22-7-9-23(10-8-22)30-25(33)11-12-29-27(35)31-28-16-19-13-20(17-28)15-21(14-19)18-28/h7-10,19-21,24H,2-6,11-18H2,1H3,(H,30,33)(H2,29,31,35). The highest BCUT2D eigenvalue weighted by molar-refractivity contribution is 5.96. The number of carbonyl (C=O) groups excluding carboxylic acids is 3. The summed E-state index contributed by atoms with van der Waals surface area (Å²) in [6.07, 6.45) is 13.4. The van der Waals surface area contributed by atoms with Crippen LogP contribution in [0, 0.1) is 17.8 Å². The molecule has 0 aliphatic heterocycles. The van der Waals surface area contributed by atoms with E-state index in [0.717, 1.165) is 49.9 Å². The number of nitrogens with zero attached hydrogens (tertiary/aromatic N) is 1. The Kier molecular flexibility index (Phi) is 7.03. The number of urea groups is 1. The Labute approximate surface area is 208 Å². The highest BCUT2D eigenvalue weighted by Crippen LogP contribution is 2.55. The molecule has 4 bridgehead atoms. The summed E-state index contributed by atoms with van der Waals surface area (Å²) in [6.45, 7) is 0.298. The minimum atomic E-state index is -0.154. The molecule has 0 radical (unpaired) electrons. The van der Waals surface area contributed by atoms with Crippen LogP contribution in [-0.2, 0) is 4.79 Å². The summed E-state index contributed by atoms with van der Waals surface area (Å²) in [5, 5.41) is 9.03. The summed E-state index contributed by atoms with van der Waals surface area (Å²) >= 11 is 0. The molecule has 7 nitrogen and oxygen atoms in total. The predicted molar refractivity (Wildman–Crippen MR) is 136 cm³/mol. The van der Waals surface area contributed by atoms with E-state index >= 15 is 0 Å². The van der Waals surface area contributed by atoms with Crippen LogP contribution in [0.4, 0.5) is 10.5 Å². The van der Waals surface area contributed by atoms with Crippen molar-refractivity contribution < 1.29 is 14.4 Å². The van der Waals surface area contributed by atoms with E-state index < -0.39 is 0 Å². The normalized spacial score (nSPS) is 29.5. The topological polar surface area (TPSA) is 90.5 Å². The summed E-state index contributed by atoms with van der Waals surface area (Å²) in [5.41, 5.74) is 1.27. The summed E-state index contributed by atoms with van der Waals surface area (Å²) in [6, 6.07) is 7.26. The molecule has 5 aliphatic carbocycles. The molecule has 190 valence electrons. The molecule has 3 N–H and O–H groups in total. The Bertz CT molecular complexity index is 903. The smallest absolute Gasteiger partial charge is 0.315 e. The zero-order valence-corrected chi connectivity index (χ0v) is 21.0. The van der Waals surface area contributed by atoms with Gasteiger partial charge >= 0.3 is 6.03 Å². The second kappa shape index (κ2) is 10.2. The second-order valence-electron chi connectivity index (χ2n) is 11.7. The molecule has 35 heavy (non-hydrogen) atoms. The summed E-state index contributed by atoms with van der Waals surface area (Å²) in [7, 11) is 1.89. The first kappa shape index (κ1) is 24.1. The lowest BCUT2D eigenvalue weighted by molar-refractivity contribution is -0.116. The molecule has 0 aromatic heterocycles. The van der Waals surface area contributed by atoms with E-state index in [1.54, 1.807) is 24.3 Å². The van der Waals surface area contributed by atoms with Crippen LogP contribution >= 0.6 is 0 Å². The molecule has 6 rings (SSSR count). The third-order valence-corrected chi connectivity index (χ3v) is 8.91. The van der Waals surface area contributed by atoms with E-state index in [-0.39, 0.29) is 29.8 Å². The third kappa shape index (κ3) is 5.65. The van der Waals surface area contributed by atoms with Crippen molar-refractivity contribution in [3.05, 3.63) is 29.8 Å². The van der Waals surface area contributed by atoms with Crippen molar-refractivity contribution in [2.75, 3.05) is 18.9 Å². The van der Waals surface area contributed by atoms with Gasteiger partial charge in [-0.05, 0) is 93.4 Å². The van der Waals surface area contributed by atoms with E-state index in [0.29, 0.717) is 23.8 Å². The van der Waals surface area contributed by atoms with Gasteiger partial charge in [0.2, 0.25) is 5.91 Å². The SMILES string of the molecule is CN(C(=O)c1ccc(NC(=O)CCNC(=O)NC23CC4CC(CC(C4)C2)C3)cc1)C1CCCCC1. The molecule has 4 amide bonds. The number of amides is 4. The lowest BCUT2D eigenvalue weighted by atomic mass is 9.53. The van der Waals surface area contributed by atoms with Crippen LogP contribution in [0.15, 0.2) is 24.3 Å². The van der Waals surface area contributed by atoms with Crippen LogP contribution in [0.2, 0.25) is 0 Å². The van der Waals surface area contributed by atoms with Crippen LogP contribution in [0.3, 0.4) is 0 Å². The molecular formula is C28H40N4O3. The third-order valence-electron chi connectivity index (χ3n) is 8.91. The van der Waals surface area contributed by atoms with Gasteiger partial charge < -0.3 is 20.9 Å². The number of hydrogen-bond acceptors (Lipinski definition) is 3. The van der Waals surface area contributed by atoms with Gasteiger partial charge in [0.1, 0.15) is 0 Å². The van der Waals surface area contributed by atoms with Crippen LogP contribution in [0.1, 0.15) is 87.4 Å². The molecule has 0 atom stereocenters. The minimum Gasteiger partial charge on any atom is -0.339 e. The first-order valence-corrected chi connectivity index (χ1v) is 13.6. The van der Waals surface area contributed by atoms with Crippen LogP contribution in [0.5, 0.6) is 0 Å². The van der Waals surface area contributed by atoms with Crippen LogP contribution in [-0.4, -0.2) is 47.9 Å². The van der Waals surface area contributed by atoms with Gasteiger partial charge in [-0.15, -0.1) is 0 Å². The molecule has 5 fully saturated rings. The quantitative estimate of drug-likeness (QED) is 0.529. The fourth-order valence-corrected chi connectivity index (χ4v) is 7.60. The number of nitrogens with one attached hydrogen (secondary N) is 3. The van der Waals surface area contributed by atoms with Crippen molar-refractivity contribution in [1.82, 2.24) is 15.5 Å². The van der Waals surface area contributed by atoms with Crippen LogP contribution < -0.4 is 16.0 Å². The fraction of sp³-hybridized carbons (Fsp3) is 0.679. The van der Waals surface area contributed by atoms with Crippen molar-refractivity contribution in [2.24, 2.45) is 17.8 Å². The molecule has 5 saturated carbocycles. The van der Waals surface area contributed by atoms with Gasteiger partial charge in [-0.1, -0.05) is 19.3 Å². The van der Waals surface area contributed by atoms with Crippen molar-refractivity contribution in [1.29, 1.82) is 0 Å². The van der Waals surface area contributed by atoms with E-state index in [2.05, 4.69) is 16.0 Å². The molecule has 0 unspecified atom stereocenters. The molecular weight excluding hydrogens is 440 g/mol. The molecule has 0 saturated heterocycles. The Morgan fingerprint density at radius 1 is 0.914 bits per heavy atom. The van der Waals surface area contributed by atoms with Gasteiger partial charge in [-0.3, -0.25) is 9.59 Å². The summed E-state index contributed by atoms with van der Waals surface area (Å²) in [5.74, 6) is 2.22. The van der Waals surface area contributed by atoms with Gasteiger partial charge in [0.05, 0.1) is 0 Å². The molecule has 5 aliphatic rings. The first-order valence-electron chi connectivity index (χ1n) is 13.6. The van der Waals surface area contributed by atoms with Crippen LogP contribution in [0.25, 0.3) is 0 Å². The maximum absolute atomic E-state index is 12.8. The van der Waals surface area contributed by atoms with Crippen molar-refractivity contribution in [2.45, 2.75) is 88.6 Å². The number of anilines is 1. The molecule has 0 heterocycles. The molecule has 7 heteroatoms. The number of rotatable bonds is 7. The molecule has 1 aromatic carbocycles. The Morgan fingerprint density at radius 3 is 2.11 bits per heavy atom. The van der Waals surface area contributed by atoms with E-state index in [1.807, 2.05) is 11.9 Å². The molecule has 0 spiro atoms. The highest BCUT2D eigenvalue weighted by Gasteiger charge is 2.51. The van der Waals surface area contributed by atoms with Gasteiger partial charge in [-0.25, -0.2) is 4.79 Å². The Hall–Kier alpha value is -2.57. The predicted octanol–water partition coefficient (Wildman–Crippen LogP) is 4.69.